The van der Waals surface area contributed by atoms with Crippen LogP contribution in [0.3, 0.4) is 0 Å². The van der Waals surface area contributed by atoms with Gasteiger partial charge in [0.2, 0.25) is 5.91 Å². The molecule has 0 rings (SSSR count). The van der Waals surface area contributed by atoms with Crippen molar-refractivity contribution >= 4 is 23.5 Å². The minimum atomic E-state index is -0.504. The Hall–Kier alpha value is -1.03. The maximum Gasteiger partial charge on any atom is 0.321 e. The van der Waals surface area contributed by atoms with E-state index in [0.29, 0.717) is 6.54 Å². The summed E-state index contributed by atoms with van der Waals surface area (Å²) in [6, 6.07) is -0.504. The third kappa shape index (κ3) is 7.33. The van der Waals surface area contributed by atoms with Gasteiger partial charge < -0.3 is 5.32 Å². The van der Waals surface area contributed by atoms with Crippen molar-refractivity contribution < 1.29 is 9.59 Å². The van der Waals surface area contributed by atoms with E-state index >= 15 is 0 Å². The fourth-order valence-corrected chi connectivity index (χ4v) is 0.707. The van der Waals surface area contributed by atoms with Crippen LogP contribution < -0.4 is 10.6 Å². The Morgan fingerprint density at radius 1 is 1.46 bits per heavy atom. The molecule has 0 aliphatic rings. The zero-order valence-corrected chi connectivity index (χ0v) is 8.23. The molecule has 0 unspecified atom stereocenters. The number of rotatable bonds is 4. The molecule has 0 atom stereocenters. The van der Waals surface area contributed by atoms with Gasteiger partial charge in [-0.05, 0) is 13.3 Å². The average molecular weight is 205 g/mol. The van der Waals surface area contributed by atoms with Gasteiger partial charge in [0.1, 0.15) is 5.88 Å². The first-order valence-electron chi connectivity index (χ1n) is 3.95. The van der Waals surface area contributed by atoms with Crippen molar-refractivity contribution in [2.24, 2.45) is 0 Å². The SMILES string of the molecule is C/C=C/CCNC(=O)NC(=O)CCl. The van der Waals surface area contributed by atoms with Crippen molar-refractivity contribution in [3.05, 3.63) is 12.2 Å². The first-order valence-corrected chi connectivity index (χ1v) is 4.49. The molecule has 0 fully saturated rings. The quantitative estimate of drug-likeness (QED) is 0.408. The van der Waals surface area contributed by atoms with Gasteiger partial charge in [0.15, 0.2) is 0 Å². The summed E-state index contributed by atoms with van der Waals surface area (Å²) in [5.74, 6) is -0.701. The molecule has 2 N–H and O–H groups in total. The van der Waals surface area contributed by atoms with Crippen molar-refractivity contribution in [2.45, 2.75) is 13.3 Å². The summed E-state index contributed by atoms with van der Waals surface area (Å²) in [6.45, 7) is 2.41. The molecule has 0 bridgehead atoms. The number of halogens is 1. The van der Waals surface area contributed by atoms with Gasteiger partial charge in [0, 0.05) is 6.54 Å². The minimum absolute atomic E-state index is 0.206. The number of hydrogen-bond donors (Lipinski definition) is 2. The van der Waals surface area contributed by atoms with E-state index in [4.69, 9.17) is 11.6 Å². The molecule has 0 saturated heterocycles. The normalized spacial score (nSPS) is 10.0. The summed E-state index contributed by atoms with van der Waals surface area (Å²) < 4.78 is 0. The van der Waals surface area contributed by atoms with E-state index in [9.17, 15) is 9.59 Å². The Kier molecular flexibility index (Phi) is 7.01. The van der Waals surface area contributed by atoms with Gasteiger partial charge in [0.25, 0.3) is 0 Å². The molecule has 13 heavy (non-hydrogen) atoms. The van der Waals surface area contributed by atoms with Crippen LogP contribution in [0.2, 0.25) is 0 Å². The van der Waals surface area contributed by atoms with E-state index in [2.05, 4.69) is 10.6 Å². The summed E-state index contributed by atoms with van der Waals surface area (Å²) in [6.07, 6.45) is 4.56. The fraction of sp³-hybridized carbons (Fsp3) is 0.500. The third-order valence-corrected chi connectivity index (χ3v) is 1.45. The highest BCUT2D eigenvalue weighted by Gasteiger charge is 2.03. The number of carbonyl (C=O) groups is 2. The standard InChI is InChI=1S/C8H13ClN2O2/c1-2-3-4-5-10-8(13)11-7(12)6-9/h2-3H,4-6H2,1H3,(H2,10,11,12,13)/b3-2+. The number of carbonyl (C=O) groups excluding carboxylic acids is 2. The molecule has 0 aliphatic carbocycles. The molecule has 4 nitrogen and oxygen atoms in total. The zero-order chi connectivity index (χ0) is 10.1. The van der Waals surface area contributed by atoms with Crippen LogP contribution in [-0.2, 0) is 4.79 Å². The van der Waals surface area contributed by atoms with Crippen LogP contribution >= 0.6 is 11.6 Å². The summed E-state index contributed by atoms with van der Waals surface area (Å²) in [4.78, 5) is 21.4. The molecule has 74 valence electrons. The van der Waals surface area contributed by atoms with E-state index in [-0.39, 0.29) is 5.88 Å². The first kappa shape index (κ1) is 12.0. The molecule has 0 saturated carbocycles. The molecule has 3 amide bonds. The molecule has 5 heteroatoms. The number of allylic oxidation sites excluding steroid dienone is 1. The van der Waals surface area contributed by atoms with Crippen molar-refractivity contribution in [2.75, 3.05) is 12.4 Å². The van der Waals surface area contributed by atoms with Gasteiger partial charge >= 0.3 is 6.03 Å². The minimum Gasteiger partial charge on any atom is -0.337 e. The molecule has 0 radical (unpaired) electrons. The summed E-state index contributed by atoms with van der Waals surface area (Å²) in [5.41, 5.74) is 0. The molecule has 0 heterocycles. The van der Waals surface area contributed by atoms with Crippen LogP contribution in [-0.4, -0.2) is 24.4 Å². The van der Waals surface area contributed by atoms with Crippen molar-refractivity contribution in [3.8, 4) is 0 Å². The number of urea groups is 1. The van der Waals surface area contributed by atoms with Crippen LogP contribution in [0, 0.1) is 0 Å². The molecule has 0 aromatic heterocycles. The van der Waals surface area contributed by atoms with Gasteiger partial charge in [-0.1, -0.05) is 12.2 Å². The number of alkyl halides is 1. The van der Waals surface area contributed by atoms with Crippen molar-refractivity contribution in [1.82, 2.24) is 10.6 Å². The number of imide groups is 1. The highest BCUT2D eigenvalue weighted by Crippen LogP contribution is 1.80. The lowest BCUT2D eigenvalue weighted by Crippen LogP contribution is -2.40. The summed E-state index contributed by atoms with van der Waals surface area (Å²) >= 11 is 5.18. The lowest BCUT2D eigenvalue weighted by Gasteiger charge is -2.02. The smallest absolute Gasteiger partial charge is 0.321 e. The fourth-order valence-electron chi connectivity index (χ4n) is 0.640. The molecule has 0 aliphatic heterocycles. The lowest BCUT2D eigenvalue weighted by atomic mass is 10.4. The van der Waals surface area contributed by atoms with E-state index in [1.54, 1.807) is 0 Å². The Balaban J connectivity index is 3.46. The van der Waals surface area contributed by atoms with Gasteiger partial charge in [-0.2, -0.15) is 0 Å². The third-order valence-electron chi connectivity index (χ3n) is 1.21. The van der Waals surface area contributed by atoms with Crippen molar-refractivity contribution in [3.63, 3.8) is 0 Å². The van der Waals surface area contributed by atoms with Gasteiger partial charge in [0.05, 0.1) is 0 Å². The maximum absolute atomic E-state index is 10.8. The highest BCUT2D eigenvalue weighted by molar-refractivity contribution is 6.28. The van der Waals surface area contributed by atoms with Gasteiger partial charge in [-0.3, -0.25) is 10.1 Å². The van der Waals surface area contributed by atoms with E-state index in [1.807, 2.05) is 19.1 Å². The number of hydrogen-bond acceptors (Lipinski definition) is 2. The van der Waals surface area contributed by atoms with E-state index in [1.165, 1.54) is 0 Å². The van der Waals surface area contributed by atoms with E-state index < -0.39 is 11.9 Å². The van der Waals surface area contributed by atoms with Gasteiger partial charge in [-0.15, -0.1) is 11.6 Å². The maximum atomic E-state index is 10.8. The Labute approximate surface area is 82.3 Å². The van der Waals surface area contributed by atoms with Crippen LogP contribution in [0.4, 0.5) is 4.79 Å². The second-order valence-corrected chi connectivity index (χ2v) is 2.56. The summed E-state index contributed by atoms with van der Waals surface area (Å²) in [7, 11) is 0. The molecular weight excluding hydrogens is 192 g/mol. The molecule has 0 aromatic carbocycles. The largest absolute Gasteiger partial charge is 0.337 e. The van der Waals surface area contributed by atoms with Crippen LogP contribution in [0.25, 0.3) is 0 Å². The first-order chi connectivity index (χ1) is 6.20. The summed E-state index contributed by atoms with van der Waals surface area (Å²) in [5, 5.41) is 4.56. The number of nitrogens with one attached hydrogen (secondary N) is 2. The van der Waals surface area contributed by atoms with Crippen molar-refractivity contribution in [1.29, 1.82) is 0 Å². The van der Waals surface area contributed by atoms with Gasteiger partial charge in [-0.25, -0.2) is 4.79 Å². The van der Waals surface area contributed by atoms with E-state index in [0.717, 1.165) is 6.42 Å². The van der Waals surface area contributed by atoms with Crippen LogP contribution in [0.5, 0.6) is 0 Å². The highest BCUT2D eigenvalue weighted by atomic mass is 35.5. The Bertz CT molecular complexity index is 204. The van der Waals surface area contributed by atoms with Crippen LogP contribution in [0.15, 0.2) is 12.2 Å². The average Bonchev–Trinajstić information content (AvgIpc) is 2.12. The predicted molar refractivity (Wildman–Crippen MR) is 51.7 cm³/mol. The van der Waals surface area contributed by atoms with Crippen LogP contribution in [0.1, 0.15) is 13.3 Å². The Morgan fingerprint density at radius 2 is 2.15 bits per heavy atom. The molecule has 0 spiro atoms. The monoisotopic (exact) mass is 204 g/mol. The second-order valence-electron chi connectivity index (χ2n) is 2.30. The topological polar surface area (TPSA) is 58.2 Å². The molecule has 0 aromatic rings. The molecular formula is C8H13ClN2O2. The second kappa shape index (κ2) is 7.61. The Morgan fingerprint density at radius 3 is 2.69 bits per heavy atom. The zero-order valence-electron chi connectivity index (χ0n) is 7.47. The number of amides is 3. The lowest BCUT2D eigenvalue weighted by molar-refractivity contribution is -0.117. The predicted octanol–water partition coefficient (Wildman–Crippen LogP) is 1.02.